The first-order valence-corrected chi connectivity index (χ1v) is 5.06. The van der Waals surface area contributed by atoms with Gasteiger partial charge < -0.3 is 9.84 Å². The van der Waals surface area contributed by atoms with Crippen molar-refractivity contribution in [3.05, 3.63) is 39.7 Å². The first-order chi connectivity index (χ1) is 8.97. The van der Waals surface area contributed by atoms with E-state index in [0.29, 0.717) is 5.69 Å². The van der Waals surface area contributed by atoms with Crippen molar-refractivity contribution in [3.63, 3.8) is 0 Å². The molecule has 0 aliphatic rings. The molecule has 9 nitrogen and oxygen atoms in total. The van der Waals surface area contributed by atoms with Gasteiger partial charge in [0.1, 0.15) is 0 Å². The van der Waals surface area contributed by atoms with E-state index in [1.165, 1.54) is 6.07 Å². The second kappa shape index (κ2) is 4.72. The van der Waals surface area contributed by atoms with Gasteiger partial charge in [0.15, 0.2) is 5.69 Å². The fourth-order valence-electron chi connectivity index (χ4n) is 1.31. The van der Waals surface area contributed by atoms with Gasteiger partial charge in [-0.2, -0.15) is 4.98 Å². The minimum absolute atomic E-state index is 0.0654. The van der Waals surface area contributed by atoms with Gasteiger partial charge in [0.2, 0.25) is 5.88 Å². The lowest BCUT2D eigenvalue weighted by molar-refractivity contribution is -0.386. The van der Waals surface area contributed by atoms with Crippen molar-refractivity contribution in [1.82, 2.24) is 15.2 Å². The van der Waals surface area contributed by atoms with E-state index < -0.39 is 22.5 Å². The van der Waals surface area contributed by atoms with Gasteiger partial charge in [-0.25, -0.2) is 4.79 Å². The van der Waals surface area contributed by atoms with E-state index >= 15 is 0 Å². The molecule has 0 aliphatic heterocycles. The van der Waals surface area contributed by atoms with Crippen molar-refractivity contribution in [2.24, 2.45) is 0 Å². The van der Waals surface area contributed by atoms with Crippen LogP contribution >= 0.6 is 0 Å². The number of aryl methyl sites for hydroxylation is 1. The standard InChI is InChI=1S/C10H8N4O5/c1-5-4-8(13-12-5)19-9-7(14(17)18)3-2-6(11-9)10(15)16/h2-4H,1H3,(H,12,13)(H,15,16). The van der Waals surface area contributed by atoms with Crippen molar-refractivity contribution in [1.29, 1.82) is 0 Å². The fraction of sp³-hybridized carbons (Fsp3) is 0.100. The molecule has 98 valence electrons. The molecule has 2 rings (SSSR count). The maximum Gasteiger partial charge on any atom is 0.354 e. The van der Waals surface area contributed by atoms with Gasteiger partial charge in [0, 0.05) is 17.8 Å². The summed E-state index contributed by atoms with van der Waals surface area (Å²) in [6.07, 6.45) is 0. The van der Waals surface area contributed by atoms with Crippen LogP contribution < -0.4 is 4.74 Å². The molecule has 0 amide bonds. The number of pyridine rings is 1. The Kier molecular flexibility index (Phi) is 3.10. The largest absolute Gasteiger partial charge is 0.477 e. The molecule has 0 bridgehead atoms. The average molecular weight is 264 g/mol. The summed E-state index contributed by atoms with van der Waals surface area (Å²) in [7, 11) is 0. The molecule has 0 aliphatic carbocycles. The molecule has 0 atom stereocenters. The number of aromatic nitrogens is 3. The maximum absolute atomic E-state index is 10.8. The van der Waals surface area contributed by atoms with E-state index in [9.17, 15) is 14.9 Å². The van der Waals surface area contributed by atoms with Crippen molar-refractivity contribution in [3.8, 4) is 11.8 Å². The molecule has 2 N–H and O–H groups in total. The molecule has 0 radical (unpaired) electrons. The third-order valence-corrected chi connectivity index (χ3v) is 2.14. The second-order valence-corrected chi connectivity index (χ2v) is 3.57. The minimum atomic E-state index is -1.31. The molecule has 9 heteroatoms. The number of aromatic carboxylic acids is 1. The third kappa shape index (κ3) is 2.65. The van der Waals surface area contributed by atoms with Gasteiger partial charge in [0.25, 0.3) is 0 Å². The molecule has 2 aromatic heterocycles. The number of H-pyrrole nitrogens is 1. The van der Waals surface area contributed by atoms with Crippen LogP contribution in [0.4, 0.5) is 5.69 Å². The predicted molar refractivity (Wildman–Crippen MR) is 61.2 cm³/mol. The smallest absolute Gasteiger partial charge is 0.354 e. The Labute approximate surface area is 106 Å². The Hall–Kier alpha value is -2.97. The Morgan fingerprint density at radius 3 is 2.79 bits per heavy atom. The normalized spacial score (nSPS) is 10.2. The molecule has 0 saturated heterocycles. The van der Waals surface area contributed by atoms with E-state index in [4.69, 9.17) is 9.84 Å². The number of nitrogens with zero attached hydrogens (tertiary/aromatic N) is 3. The zero-order valence-electron chi connectivity index (χ0n) is 9.65. The highest BCUT2D eigenvalue weighted by Gasteiger charge is 2.21. The van der Waals surface area contributed by atoms with Gasteiger partial charge in [-0.05, 0) is 13.0 Å². The molecular weight excluding hydrogens is 256 g/mol. The van der Waals surface area contributed by atoms with Gasteiger partial charge >= 0.3 is 17.5 Å². The molecule has 2 heterocycles. The quantitative estimate of drug-likeness (QED) is 0.631. The Balaban J connectivity index is 2.42. The van der Waals surface area contributed by atoms with Crippen LogP contribution in [0.3, 0.4) is 0 Å². The van der Waals surface area contributed by atoms with E-state index in [-0.39, 0.29) is 11.6 Å². The fourth-order valence-corrected chi connectivity index (χ4v) is 1.31. The van der Waals surface area contributed by atoms with Crippen molar-refractivity contribution in [2.75, 3.05) is 0 Å². The summed E-state index contributed by atoms with van der Waals surface area (Å²) < 4.78 is 5.12. The van der Waals surface area contributed by atoms with Gasteiger partial charge in [0.05, 0.1) is 4.92 Å². The van der Waals surface area contributed by atoms with Crippen molar-refractivity contribution < 1.29 is 19.6 Å². The second-order valence-electron chi connectivity index (χ2n) is 3.57. The number of nitrogens with one attached hydrogen (secondary N) is 1. The average Bonchev–Trinajstić information content (AvgIpc) is 2.74. The number of hydrogen-bond donors (Lipinski definition) is 2. The van der Waals surface area contributed by atoms with E-state index in [2.05, 4.69) is 15.2 Å². The molecule has 0 saturated carbocycles. The number of aromatic amines is 1. The summed E-state index contributed by atoms with van der Waals surface area (Å²) in [5, 5.41) is 25.9. The van der Waals surface area contributed by atoms with Crippen LogP contribution in [0.1, 0.15) is 16.2 Å². The summed E-state index contributed by atoms with van der Waals surface area (Å²) in [5.41, 5.74) is -0.106. The number of ether oxygens (including phenoxy) is 1. The number of carboxylic acids is 1. The number of hydrogen-bond acceptors (Lipinski definition) is 6. The number of carboxylic acid groups (broad SMARTS) is 1. The molecule has 19 heavy (non-hydrogen) atoms. The van der Waals surface area contributed by atoms with Crippen LogP contribution in [0, 0.1) is 17.0 Å². The lowest BCUT2D eigenvalue weighted by Gasteiger charge is -2.02. The first-order valence-electron chi connectivity index (χ1n) is 5.06. The van der Waals surface area contributed by atoms with Gasteiger partial charge in [-0.1, -0.05) is 0 Å². The number of rotatable bonds is 4. The van der Waals surface area contributed by atoms with E-state index in [0.717, 1.165) is 12.1 Å². The molecule has 0 spiro atoms. The van der Waals surface area contributed by atoms with E-state index in [1.54, 1.807) is 6.92 Å². The van der Waals surface area contributed by atoms with Crippen LogP contribution in [0.25, 0.3) is 0 Å². The molecular formula is C10H8N4O5. The molecule has 0 aromatic carbocycles. The number of nitro groups is 1. The third-order valence-electron chi connectivity index (χ3n) is 2.14. The van der Waals surface area contributed by atoms with Crippen LogP contribution in [0.5, 0.6) is 11.8 Å². The predicted octanol–water partition coefficient (Wildman–Crippen LogP) is 1.51. The summed E-state index contributed by atoms with van der Waals surface area (Å²) >= 11 is 0. The highest BCUT2D eigenvalue weighted by atomic mass is 16.6. The lowest BCUT2D eigenvalue weighted by Crippen LogP contribution is -2.04. The highest BCUT2D eigenvalue weighted by Crippen LogP contribution is 2.28. The summed E-state index contributed by atoms with van der Waals surface area (Å²) in [6, 6.07) is 3.55. The van der Waals surface area contributed by atoms with Crippen LogP contribution in [-0.2, 0) is 0 Å². The molecule has 2 aromatic rings. The minimum Gasteiger partial charge on any atom is -0.477 e. The lowest BCUT2D eigenvalue weighted by atomic mass is 10.3. The Morgan fingerprint density at radius 1 is 1.53 bits per heavy atom. The van der Waals surface area contributed by atoms with Crippen LogP contribution in [0.15, 0.2) is 18.2 Å². The van der Waals surface area contributed by atoms with Crippen molar-refractivity contribution in [2.45, 2.75) is 6.92 Å². The summed E-state index contributed by atoms with van der Waals surface area (Å²) in [4.78, 5) is 24.5. The van der Waals surface area contributed by atoms with Crippen LogP contribution in [0.2, 0.25) is 0 Å². The van der Waals surface area contributed by atoms with Gasteiger partial charge in [-0.3, -0.25) is 15.2 Å². The zero-order chi connectivity index (χ0) is 14.0. The highest BCUT2D eigenvalue weighted by molar-refractivity contribution is 5.85. The van der Waals surface area contributed by atoms with E-state index in [1.807, 2.05) is 0 Å². The summed E-state index contributed by atoms with van der Waals surface area (Å²) in [5.74, 6) is -1.66. The van der Waals surface area contributed by atoms with Crippen molar-refractivity contribution >= 4 is 11.7 Å². The van der Waals surface area contributed by atoms with Crippen LogP contribution in [-0.4, -0.2) is 31.2 Å². The topological polar surface area (TPSA) is 131 Å². The zero-order valence-corrected chi connectivity index (χ0v) is 9.65. The number of carbonyl (C=O) groups is 1. The monoisotopic (exact) mass is 264 g/mol. The molecule has 0 unspecified atom stereocenters. The molecule has 0 fully saturated rings. The SMILES string of the molecule is Cc1cc(Oc2nc(C(=O)O)ccc2[N+](=O)[O-])n[nH]1. The Morgan fingerprint density at radius 2 is 2.26 bits per heavy atom. The summed E-state index contributed by atoms with van der Waals surface area (Å²) in [6.45, 7) is 1.72. The van der Waals surface area contributed by atoms with Gasteiger partial charge in [-0.15, -0.1) is 5.10 Å². The maximum atomic E-state index is 10.8. The Bertz CT molecular complexity index is 651. The first kappa shape index (κ1) is 12.5.